The Morgan fingerprint density at radius 3 is 1.83 bits per heavy atom. The van der Waals surface area contributed by atoms with Crippen molar-refractivity contribution in [3.63, 3.8) is 0 Å². The Labute approximate surface area is 178 Å². The molecule has 0 fully saturated rings. The van der Waals surface area contributed by atoms with Crippen molar-refractivity contribution < 1.29 is 9.18 Å². The molecule has 3 aromatic carbocycles. The second-order valence-corrected chi connectivity index (χ2v) is 7.46. The van der Waals surface area contributed by atoms with E-state index in [4.69, 9.17) is 23.2 Å². The first-order valence-corrected chi connectivity index (χ1v) is 9.74. The molecule has 0 spiro atoms. The maximum atomic E-state index is 14.5. The predicted octanol–water partition coefficient (Wildman–Crippen LogP) is 7.56. The molecule has 0 aromatic heterocycles. The van der Waals surface area contributed by atoms with Crippen molar-refractivity contribution in [2.75, 3.05) is 0 Å². The van der Waals surface area contributed by atoms with Crippen molar-refractivity contribution in [1.29, 1.82) is 0 Å². The third kappa shape index (κ3) is 4.09. The Hall–Kier alpha value is -2.94. The summed E-state index contributed by atoms with van der Waals surface area (Å²) in [5.74, 6) is -0.621. The van der Waals surface area contributed by atoms with Crippen molar-refractivity contribution in [3.8, 4) is 0 Å². The topological polar surface area (TPSA) is 17.1 Å². The Bertz CT molecular complexity index is 1120. The van der Waals surface area contributed by atoms with Crippen LogP contribution in [0, 0.1) is 0 Å². The predicted molar refractivity (Wildman–Crippen MR) is 118 cm³/mol. The van der Waals surface area contributed by atoms with Crippen LogP contribution in [0.25, 0.3) is 11.4 Å². The Morgan fingerprint density at radius 2 is 1.28 bits per heavy atom. The van der Waals surface area contributed by atoms with Gasteiger partial charge < -0.3 is 0 Å². The molecule has 0 amide bonds. The van der Waals surface area contributed by atoms with E-state index in [-0.39, 0.29) is 5.78 Å². The van der Waals surface area contributed by atoms with Crippen LogP contribution in [0.1, 0.15) is 27.0 Å². The third-order valence-electron chi connectivity index (χ3n) is 4.71. The Balaban J connectivity index is 1.81. The van der Waals surface area contributed by atoms with E-state index in [2.05, 4.69) is 0 Å². The van der Waals surface area contributed by atoms with Gasteiger partial charge >= 0.3 is 0 Å². The summed E-state index contributed by atoms with van der Waals surface area (Å²) in [6.07, 6.45) is 4.75. The van der Waals surface area contributed by atoms with Crippen molar-refractivity contribution in [3.05, 3.63) is 129 Å². The summed E-state index contributed by atoms with van der Waals surface area (Å²) in [6.45, 7) is 0. The number of ketones is 1. The van der Waals surface area contributed by atoms with Crippen LogP contribution in [0.4, 0.5) is 4.39 Å². The van der Waals surface area contributed by atoms with Crippen LogP contribution in [0.2, 0.25) is 10.0 Å². The molecule has 0 saturated carbocycles. The number of benzene rings is 3. The third-order valence-corrected chi connectivity index (χ3v) is 5.22. The van der Waals surface area contributed by atoms with Gasteiger partial charge in [0.15, 0.2) is 5.78 Å². The lowest BCUT2D eigenvalue weighted by atomic mass is 9.90. The fraction of sp³-hybridized carbons (Fsp3) is 0. The zero-order chi connectivity index (χ0) is 20.4. The molecule has 1 aliphatic carbocycles. The van der Waals surface area contributed by atoms with Crippen molar-refractivity contribution in [1.82, 2.24) is 0 Å². The van der Waals surface area contributed by atoms with Gasteiger partial charge in [-0.15, -0.1) is 0 Å². The highest BCUT2D eigenvalue weighted by Gasteiger charge is 2.22. The summed E-state index contributed by atoms with van der Waals surface area (Å²) in [6, 6.07) is 21.5. The molecular weight excluding hydrogens is 406 g/mol. The largest absolute Gasteiger partial charge is 0.289 e. The highest BCUT2D eigenvalue weighted by molar-refractivity contribution is 6.31. The summed E-state index contributed by atoms with van der Waals surface area (Å²) in [5, 5.41) is 1.26. The van der Waals surface area contributed by atoms with E-state index in [9.17, 15) is 9.18 Å². The zero-order valence-electron chi connectivity index (χ0n) is 15.2. The molecular formula is C25H15Cl2FO. The first kappa shape index (κ1) is 19.4. The quantitative estimate of drug-likeness (QED) is 0.399. The highest BCUT2D eigenvalue weighted by Crippen LogP contribution is 2.31. The summed E-state index contributed by atoms with van der Waals surface area (Å²) in [5.41, 5.74) is 3.69. The van der Waals surface area contributed by atoms with E-state index in [0.29, 0.717) is 26.7 Å². The average Bonchev–Trinajstić information content (AvgIpc) is 2.74. The van der Waals surface area contributed by atoms with Crippen LogP contribution in [0.15, 0.2) is 96.6 Å². The minimum atomic E-state index is -0.417. The number of halogens is 3. The van der Waals surface area contributed by atoms with E-state index in [1.165, 1.54) is 6.08 Å². The first-order valence-electron chi connectivity index (χ1n) is 8.98. The molecule has 0 N–H and O–H groups in total. The summed E-state index contributed by atoms with van der Waals surface area (Å²) < 4.78 is 14.5. The molecule has 3 aromatic rings. The fourth-order valence-corrected chi connectivity index (χ4v) is 3.49. The number of hydrogen-bond donors (Lipinski definition) is 0. The zero-order valence-corrected chi connectivity index (χ0v) is 16.7. The van der Waals surface area contributed by atoms with Crippen molar-refractivity contribution in [2.24, 2.45) is 0 Å². The minimum absolute atomic E-state index is 0.204. The van der Waals surface area contributed by atoms with Crippen LogP contribution < -0.4 is 0 Å². The van der Waals surface area contributed by atoms with Gasteiger partial charge in [-0.25, -0.2) is 4.39 Å². The standard InChI is InChI=1S/C25H15Cl2FO/c26-19-10-5-16(6-11-19)21(17-7-12-20(27)13-8-17)14-9-18-15-24(28)22-3-1-2-4-23(22)25(18)29/h1-15H/b18-9+. The second-order valence-electron chi connectivity index (χ2n) is 6.58. The molecule has 0 atom stereocenters. The van der Waals surface area contributed by atoms with Gasteiger partial charge in [0, 0.05) is 26.7 Å². The number of carbonyl (C=O) groups excluding carboxylic acids is 1. The average molecular weight is 421 g/mol. The van der Waals surface area contributed by atoms with Crippen molar-refractivity contribution in [2.45, 2.75) is 0 Å². The normalized spacial score (nSPS) is 14.4. The second kappa shape index (κ2) is 8.20. The molecule has 0 saturated heterocycles. The lowest BCUT2D eigenvalue weighted by Gasteiger charge is -2.13. The SMILES string of the molecule is O=C1/C(=C/C=C(c2ccc(Cl)cc2)c2ccc(Cl)cc2)C=C(F)c2ccccc21. The highest BCUT2D eigenvalue weighted by atomic mass is 35.5. The van der Waals surface area contributed by atoms with Gasteiger partial charge in [-0.2, -0.15) is 0 Å². The van der Waals surface area contributed by atoms with Gasteiger partial charge in [-0.3, -0.25) is 4.79 Å². The monoisotopic (exact) mass is 420 g/mol. The van der Waals surface area contributed by atoms with E-state index < -0.39 is 5.83 Å². The molecule has 1 aliphatic rings. The van der Waals surface area contributed by atoms with E-state index >= 15 is 0 Å². The van der Waals surface area contributed by atoms with E-state index in [1.54, 1.807) is 54.6 Å². The first-order chi connectivity index (χ1) is 14.0. The molecule has 0 unspecified atom stereocenters. The molecule has 0 bridgehead atoms. The van der Waals surface area contributed by atoms with Crippen LogP contribution in [-0.4, -0.2) is 5.78 Å². The number of hydrogen-bond acceptors (Lipinski definition) is 1. The maximum Gasteiger partial charge on any atom is 0.193 e. The molecule has 4 heteroatoms. The molecule has 29 heavy (non-hydrogen) atoms. The van der Waals surface area contributed by atoms with Gasteiger partial charge in [-0.1, -0.05) is 83.9 Å². The maximum absolute atomic E-state index is 14.5. The lowest BCUT2D eigenvalue weighted by molar-refractivity contribution is 0.103. The van der Waals surface area contributed by atoms with Crippen LogP contribution in [-0.2, 0) is 0 Å². The fourth-order valence-electron chi connectivity index (χ4n) is 3.24. The number of carbonyl (C=O) groups is 1. The van der Waals surface area contributed by atoms with Crippen LogP contribution in [0.3, 0.4) is 0 Å². The van der Waals surface area contributed by atoms with Crippen molar-refractivity contribution >= 4 is 40.4 Å². The molecule has 0 heterocycles. The van der Waals surface area contributed by atoms with Crippen LogP contribution >= 0.6 is 23.2 Å². The van der Waals surface area contributed by atoms with Gasteiger partial charge in [0.05, 0.1) is 0 Å². The number of rotatable bonds is 3. The van der Waals surface area contributed by atoms with Gasteiger partial charge in [0.2, 0.25) is 0 Å². The van der Waals surface area contributed by atoms with E-state index in [0.717, 1.165) is 16.7 Å². The van der Waals surface area contributed by atoms with Crippen LogP contribution in [0.5, 0.6) is 0 Å². The molecule has 142 valence electrons. The Morgan fingerprint density at radius 1 is 0.759 bits per heavy atom. The van der Waals surface area contributed by atoms with E-state index in [1.807, 2.05) is 30.3 Å². The smallest absolute Gasteiger partial charge is 0.193 e. The Kier molecular flexibility index (Phi) is 5.48. The number of allylic oxidation sites excluding steroid dienone is 4. The lowest BCUT2D eigenvalue weighted by Crippen LogP contribution is -2.09. The minimum Gasteiger partial charge on any atom is -0.289 e. The van der Waals surface area contributed by atoms with Gasteiger partial charge in [-0.05, 0) is 47.0 Å². The van der Waals surface area contributed by atoms with Gasteiger partial charge in [0.1, 0.15) is 5.83 Å². The summed E-state index contributed by atoms with van der Waals surface area (Å²) in [4.78, 5) is 12.8. The summed E-state index contributed by atoms with van der Waals surface area (Å²) >= 11 is 12.0. The summed E-state index contributed by atoms with van der Waals surface area (Å²) in [7, 11) is 0. The molecule has 4 rings (SSSR count). The molecule has 1 nitrogen and oxygen atoms in total. The molecule has 0 radical (unpaired) electrons. The van der Waals surface area contributed by atoms with Gasteiger partial charge in [0.25, 0.3) is 0 Å². The number of fused-ring (bicyclic) bond motifs is 1. The molecule has 0 aliphatic heterocycles. The number of Topliss-reactive ketones (excluding diaryl/α,β-unsaturated/α-hetero) is 1.